The highest BCUT2D eigenvalue weighted by molar-refractivity contribution is 14.1. The van der Waals surface area contributed by atoms with Gasteiger partial charge in [0.15, 0.2) is 0 Å². The van der Waals surface area contributed by atoms with Gasteiger partial charge in [-0.05, 0) is 65.5 Å². The lowest BCUT2D eigenvalue weighted by atomic mass is 9.67. The average Bonchev–Trinajstić information content (AvgIpc) is 2.37. The van der Waals surface area contributed by atoms with Crippen molar-refractivity contribution in [3.05, 3.63) is 27.3 Å². The summed E-state index contributed by atoms with van der Waals surface area (Å²) in [4.78, 5) is 11.1. The fraction of sp³-hybridized carbons (Fsp3) is 0.500. The van der Waals surface area contributed by atoms with E-state index in [0.29, 0.717) is 10.1 Å². The van der Waals surface area contributed by atoms with Gasteiger partial charge in [-0.1, -0.05) is 13.3 Å². The van der Waals surface area contributed by atoms with Gasteiger partial charge in [0.1, 0.15) is 0 Å². The number of carboxylic acids is 1. The predicted molar refractivity (Wildman–Crippen MR) is 87.9 cm³/mol. The zero-order valence-electron chi connectivity index (χ0n) is 11.7. The Hall–Kier alpha value is -0.670. The van der Waals surface area contributed by atoms with Gasteiger partial charge in [-0.3, -0.25) is 0 Å². The van der Waals surface area contributed by atoms with E-state index in [1.54, 1.807) is 0 Å². The Morgan fingerprint density at radius 1 is 1.43 bits per heavy atom. The number of hydrogen-bond donors (Lipinski definition) is 2. The molecule has 7 heteroatoms. The minimum atomic E-state index is -3.67. The van der Waals surface area contributed by atoms with Crippen LogP contribution in [0.3, 0.4) is 0 Å². The van der Waals surface area contributed by atoms with Crippen LogP contribution >= 0.6 is 22.6 Å². The van der Waals surface area contributed by atoms with Gasteiger partial charge < -0.3 is 5.11 Å². The Labute approximate surface area is 138 Å². The molecule has 0 atom stereocenters. The smallest absolute Gasteiger partial charge is 0.336 e. The molecular weight excluding hydrogens is 405 g/mol. The van der Waals surface area contributed by atoms with Crippen LogP contribution in [0.1, 0.15) is 43.0 Å². The van der Waals surface area contributed by atoms with Crippen LogP contribution in [0.25, 0.3) is 0 Å². The Kier molecular flexibility index (Phi) is 4.94. The minimum Gasteiger partial charge on any atom is -0.478 e. The maximum Gasteiger partial charge on any atom is 0.336 e. The first-order chi connectivity index (χ1) is 9.80. The highest BCUT2D eigenvalue weighted by atomic mass is 127. The summed E-state index contributed by atoms with van der Waals surface area (Å²) < 4.78 is 27.8. The summed E-state index contributed by atoms with van der Waals surface area (Å²) >= 11 is 1.88. The van der Waals surface area contributed by atoms with Crippen molar-refractivity contribution >= 4 is 38.6 Å². The molecule has 5 nitrogen and oxygen atoms in total. The van der Waals surface area contributed by atoms with Crippen LogP contribution < -0.4 is 4.72 Å². The number of benzene rings is 1. The van der Waals surface area contributed by atoms with Gasteiger partial charge in [0, 0.05) is 10.1 Å². The fourth-order valence-corrected chi connectivity index (χ4v) is 4.25. The van der Waals surface area contributed by atoms with E-state index in [9.17, 15) is 13.2 Å². The van der Waals surface area contributed by atoms with Crippen LogP contribution in [0, 0.1) is 8.99 Å². The van der Waals surface area contributed by atoms with Gasteiger partial charge in [-0.15, -0.1) is 0 Å². The van der Waals surface area contributed by atoms with Gasteiger partial charge in [0.2, 0.25) is 10.0 Å². The lowest BCUT2D eigenvalue weighted by molar-refractivity contribution is 0.0695. The number of carboxylic acid groups (broad SMARTS) is 1. The molecule has 116 valence electrons. The molecule has 0 radical (unpaired) electrons. The van der Waals surface area contributed by atoms with Crippen LogP contribution in [0.15, 0.2) is 23.1 Å². The van der Waals surface area contributed by atoms with Crippen LogP contribution in [0.2, 0.25) is 0 Å². The van der Waals surface area contributed by atoms with Crippen LogP contribution in [0.4, 0.5) is 0 Å². The SMILES string of the molecule is CCC1(CNS(=O)(=O)c2ccc(I)c(C(=O)O)c2)CCC1. The van der Waals surface area contributed by atoms with Gasteiger partial charge in [-0.2, -0.15) is 0 Å². The highest BCUT2D eigenvalue weighted by Crippen LogP contribution is 2.43. The molecule has 0 amide bonds. The molecule has 2 N–H and O–H groups in total. The summed E-state index contributed by atoms with van der Waals surface area (Å²) in [5, 5.41) is 9.08. The maximum atomic E-state index is 12.3. The molecule has 1 fully saturated rings. The molecule has 0 heterocycles. The van der Waals surface area contributed by atoms with Crippen molar-refractivity contribution in [1.29, 1.82) is 0 Å². The van der Waals surface area contributed by atoms with Gasteiger partial charge in [0.25, 0.3) is 0 Å². The molecule has 1 aliphatic rings. The maximum absolute atomic E-state index is 12.3. The topological polar surface area (TPSA) is 83.5 Å². The average molecular weight is 423 g/mol. The molecule has 0 spiro atoms. The Balaban J connectivity index is 2.20. The third-order valence-electron chi connectivity index (χ3n) is 4.28. The second-order valence-corrected chi connectivity index (χ2v) is 8.41. The second-order valence-electron chi connectivity index (χ2n) is 5.48. The fourth-order valence-electron chi connectivity index (χ4n) is 2.50. The molecule has 1 aromatic rings. The molecule has 0 bridgehead atoms. The van der Waals surface area contributed by atoms with Crippen molar-refractivity contribution in [2.45, 2.75) is 37.5 Å². The minimum absolute atomic E-state index is 0.00546. The molecule has 1 aromatic carbocycles. The van der Waals surface area contributed by atoms with E-state index >= 15 is 0 Å². The third-order valence-corrected chi connectivity index (χ3v) is 6.62. The van der Waals surface area contributed by atoms with Crippen molar-refractivity contribution in [1.82, 2.24) is 4.72 Å². The monoisotopic (exact) mass is 423 g/mol. The van der Waals surface area contributed by atoms with Crippen LogP contribution in [-0.4, -0.2) is 26.0 Å². The number of rotatable bonds is 6. The van der Waals surface area contributed by atoms with E-state index in [1.807, 2.05) is 22.6 Å². The Bertz CT molecular complexity index is 647. The van der Waals surface area contributed by atoms with Crippen molar-refractivity contribution in [3.63, 3.8) is 0 Å². The van der Waals surface area contributed by atoms with Crippen LogP contribution in [-0.2, 0) is 10.0 Å². The molecule has 1 aliphatic carbocycles. The quantitative estimate of drug-likeness (QED) is 0.690. The van der Waals surface area contributed by atoms with E-state index in [4.69, 9.17) is 5.11 Å². The van der Waals surface area contributed by atoms with Crippen molar-refractivity contribution < 1.29 is 18.3 Å². The Morgan fingerprint density at radius 3 is 2.57 bits per heavy atom. The summed E-state index contributed by atoms with van der Waals surface area (Å²) in [5.41, 5.74) is 0.0821. The van der Waals surface area contributed by atoms with Gasteiger partial charge in [0.05, 0.1) is 10.5 Å². The number of sulfonamides is 1. The summed E-state index contributed by atoms with van der Waals surface area (Å²) in [5.74, 6) is -1.12. The zero-order chi connectivity index (χ0) is 15.7. The normalized spacial score (nSPS) is 17.2. The lowest BCUT2D eigenvalue weighted by Crippen LogP contribution is -2.41. The first kappa shape index (κ1) is 16.7. The van der Waals surface area contributed by atoms with E-state index < -0.39 is 16.0 Å². The Morgan fingerprint density at radius 2 is 2.10 bits per heavy atom. The second kappa shape index (κ2) is 6.21. The molecule has 1 saturated carbocycles. The molecule has 0 aromatic heterocycles. The molecule has 2 rings (SSSR count). The highest BCUT2D eigenvalue weighted by Gasteiger charge is 2.36. The lowest BCUT2D eigenvalue weighted by Gasteiger charge is -2.41. The van der Waals surface area contributed by atoms with E-state index in [0.717, 1.165) is 25.7 Å². The molecular formula is C14H18INO4S. The van der Waals surface area contributed by atoms with E-state index in [2.05, 4.69) is 11.6 Å². The molecule has 0 unspecified atom stereocenters. The molecule has 0 aliphatic heterocycles. The van der Waals surface area contributed by atoms with Crippen LogP contribution in [0.5, 0.6) is 0 Å². The summed E-state index contributed by atoms with van der Waals surface area (Å²) in [7, 11) is -3.67. The number of halogens is 1. The van der Waals surface area contributed by atoms with Crippen molar-refractivity contribution in [2.75, 3.05) is 6.54 Å². The summed E-state index contributed by atoms with van der Waals surface area (Å²) in [6.45, 7) is 2.49. The van der Waals surface area contributed by atoms with Gasteiger partial charge in [-0.25, -0.2) is 17.9 Å². The zero-order valence-corrected chi connectivity index (χ0v) is 14.7. The number of hydrogen-bond acceptors (Lipinski definition) is 3. The van der Waals surface area contributed by atoms with E-state index in [1.165, 1.54) is 18.2 Å². The standard InChI is InChI=1S/C14H18INO4S/c1-2-14(6-3-7-14)9-16-21(19,20)10-4-5-12(15)11(8-10)13(17)18/h4-5,8,16H,2-3,6-7,9H2,1H3,(H,17,18). The predicted octanol–water partition coefficient (Wildman–Crippen LogP) is 2.85. The van der Waals surface area contributed by atoms with E-state index in [-0.39, 0.29) is 15.9 Å². The number of carbonyl (C=O) groups is 1. The summed E-state index contributed by atoms with van der Waals surface area (Å²) in [6, 6.07) is 4.17. The molecule has 21 heavy (non-hydrogen) atoms. The van der Waals surface area contributed by atoms with Gasteiger partial charge >= 0.3 is 5.97 Å². The largest absolute Gasteiger partial charge is 0.478 e. The molecule has 0 saturated heterocycles. The first-order valence-corrected chi connectivity index (χ1v) is 9.38. The number of nitrogens with one attached hydrogen (secondary N) is 1. The number of aromatic carboxylic acids is 1. The van der Waals surface area contributed by atoms with Crippen molar-refractivity contribution in [2.24, 2.45) is 5.41 Å². The summed E-state index contributed by atoms with van der Waals surface area (Å²) in [6.07, 6.45) is 4.17. The first-order valence-electron chi connectivity index (χ1n) is 6.82. The third kappa shape index (κ3) is 3.57. The van der Waals surface area contributed by atoms with Crippen molar-refractivity contribution in [3.8, 4) is 0 Å².